The van der Waals surface area contributed by atoms with Gasteiger partial charge in [-0.05, 0) is 63.1 Å². The van der Waals surface area contributed by atoms with Gasteiger partial charge in [-0.25, -0.2) is 0 Å². The van der Waals surface area contributed by atoms with Crippen LogP contribution in [0.1, 0.15) is 21.9 Å². The maximum absolute atomic E-state index is 10.5. The summed E-state index contributed by atoms with van der Waals surface area (Å²) in [6, 6.07) is 29.8. The molecule has 3 heterocycles. The van der Waals surface area contributed by atoms with Crippen molar-refractivity contribution in [2.75, 3.05) is 0 Å². The maximum atomic E-state index is 10.5. The van der Waals surface area contributed by atoms with E-state index in [9.17, 15) is 8.22 Å². The third-order valence-electron chi connectivity index (χ3n) is 11.1. The molecule has 0 bridgehead atoms. The summed E-state index contributed by atoms with van der Waals surface area (Å²) in [5, 5.41) is 3.10. The van der Waals surface area contributed by atoms with Gasteiger partial charge < -0.3 is 13.6 Å². The summed E-state index contributed by atoms with van der Waals surface area (Å²) in [6.45, 7) is 0. The first-order chi connectivity index (χ1) is 35.4. The molecule has 0 aliphatic carbocycles. The van der Waals surface area contributed by atoms with Crippen molar-refractivity contribution in [3.05, 3.63) is 218 Å². The fraction of sp³-hybridized carbons (Fsp3) is 0. The zero-order valence-electron chi connectivity index (χ0n) is 46.3. The summed E-state index contributed by atoms with van der Waals surface area (Å²) in [4.78, 5) is 0. The van der Waals surface area contributed by atoms with Crippen LogP contribution in [-0.2, 0) is 0 Å². The van der Waals surface area contributed by atoms with Gasteiger partial charge in [0, 0.05) is 32.6 Å². The fourth-order valence-corrected chi connectivity index (χ4v) is 13.6. The molecule has 3 aromatic heterocycles. The lowest BCUT2D eigenvalue weighted by Crippen LogP contribution is -2.74. The summed E-state index contributed by atoms with van der Waals surface area (Å²) in [6.07, 6.45) is 0. The third-order valence-corrected chi connectivity index (χ3v) is 15.9. The zero-order chi connectivity index (χ0) is 52.1. The molecule has 0 aliphatic rings. The minimum absolute atomic E-state index is 0.0153. The predicted octanol–water partition coefficient (Wildman–Crippen LogP) is 11.2. The number of hydrogen-bond acceptors (Lipinski definition) is 1. The van der Waals surface area contributed by atoms with Gasteiger partial charge in [-0.3, -0.25) is 0 Å². The van der Waals surface area contributed by atoms with E-state index in [1.54, 1.807) is 10.6 Å². The van der Waals surface area contributed by atoms with E-state index >= 15 is 0 Å². The molecule has 0 N–H and O–H groups in total. The first-order valence-electron chi connectivity index (χ1n) is 26.6. The van der Waals surface area contributed by atoms with E-state index < -0.39 is 105 Å². The van der Waals surface area contributed by atoms with Crippen LogP contribution in [0, 0.1) is 0 Å². The Hall–Kier alpha value is -7.40. The highest BCUT2D eigenvalue weighted by molar-refractivity contribution is 7.19. The Bertz CT molecular complexity index is 4350. The second kappa shape index (κ2) is 12.8. The van der Waals surface area contributed by atoms with Crippen LogP contribution in [-0.4, -0.2) is 17.2 Å². The SMILES string of the molecule is [2H]c1cc2c(c([2H])c1[2H])c1c([2H])c([2H])c([2H])c([2H])c1n2-c1c([2H])c2c3c([2H])c([2H])c([2H])c([2H])c3n(-c3cccc([Si](c4ccccc4)(c4ccccc4)c4ccccc4)c3)c2c2c1oc1c([2H])c([2H])c([2H])c([2H])c12. The number of nitrogens with zero attached hydrogens (tertiary/aromatic N) is 2. The zero-order valence-corrected chi connectivity index (χ0v) is 31.3. The second-order valence-corrected chi connectivity index (χ2v) is 17.8. The molecule has 58 heavy (non-hydrogen) atoms. The highest BCUT2D eigenvalue weighted by Crippen LogP contribution is 2.45. The molecule has 12 aromatic rings. The van der Waals surface area contributed by atoms with Crippen molar-refractivity contribution >= 4 is 94.4 Å². The standard InChI is InChI=1S/C54H36N2OSi/c1-4-20-38(21-5-1)58(39-22-6-2-7-23-39,40-24-8-3-9-25-40)41-26-18-19-37(35-41)55-47-31-14-12-29-44(47)46-36-50(54-52(53(46)55)45-30-13-17-34-51(45)57-54)56-48-32-15-10-27-42(48)43-28-11-16-33-49(43)56/h1-36H/i10D,11D,12D,13D,14D,15D,16D,17D,27D,28D,29D,30D,31D,32D,34D,36D. The van der Waals surface area contributed by atoms with Crippen LogP contribution in [0.3, 0.4) is 0 Å². The molecule has 0 amide bonds. The Kier molecular flexibility index (Phi) is 4.57. The first kappa shape index (κ1) is 20.7. The van der Waals surface area contributed by atoms with Gasteiger partial charge in [-0.1, -0.05) is 176 Å². The summed E-state index contributed by atoms with van der Waals surface area (Å²) >= 11 is 0. The number of fused-ring (bicyclic) bond motifs is 10. The lowest BCUT2D eigenvalue weighted by atomic mass is 10.1. The highest BCUT2D eigenvalue weighted by atomic mass is 28.3. The van der Waals surface area contributed by atoms with Crippen LogP contribution >= 0.6 is 0 Å². The van der Waals surface area contributed by atoms with Crippen molar-refractivity contribution in [1.29, 1.82) is 0 Å². The number of benzene rings is 9. The van der Waals surface area contributed by atoms with Crippen molar-refractivity contribution in [3.8, 4) is 11.4 Å². The highest BCUT2D eigenvalue weighted by Gasteiger charge is 2.41. The normalized spacial score (nSPS) is 16.0. The topological polar surface area (TPSA) is 23.0 Å². The van der Waals surface area contributed by atoms with E-state index in [4.69, 9.17) is 18.1 Å². The summed E-state index contributed by atoms with van der Waals surface area (Å²) in [5.41, 5.74) is -1.04. The van der Waals surface area contributed by atoms with Gasteiger partial charge in [0.1, 0.15) is 5.58 Å². The van der Waals surface area contributed by atoms with E-state index in [0.717, 1.165) is 20.7 Å². The predicted molar refractivity (Wildman–Crippen MR) is 246 cm³/mol. The Labute approximate surface area is 358 Å². The smallest absolute Gasteiger partial charge is 0.179 e. The number of para-hydroxylation sites is 4. The summed E-state index contributed by atoms with van der Waals surface area (Å²) in [7, 11) is -3.31. The van der Waals surface area contributed by atoms with Crippen molar-refractivity contribution in [2.45, 2.75) is 0 Å². The average molecular weight is 773 g/mol. The van der Waals surface area contributed by atoms with Crippen LogP contribution in [0.15, 0.2) is 222 Å². The molecule has 0 spiro atoms. The minimum atomic E-state index is -3.31. The Morgan fingerprint density at radius 1 is 0.431 bits per heavy atom. The number of rotatable bonds is 6. The molecule has 12 rings (SSSR count). The van der Waals surface area contributed by atoms with E-state index in [-0.39, 0.29) is 71.2 Å². The van der Waals surface area contributed by atoms with E-state index in [1.165, 1.54) is 10.6 Å². The van der Waals surface area contributed by atoms with E-state index in [2.05, 4.69) is 36.4 Å². The molecule has 0 fully saturated rings. The molecule has 0 unspecified atom stereocenters. The third kappa shape index (κ3) is 4.61. The Balaban J connectivity index is 1.36. The van der Waals surface area contributed by atoms with Crippen molar-refractivity contribution in [1.82, 2.24) is 9.13 Å². The van der Waals surface area contributed by atoms with Crippen LogP contribution in [0.5, 0.6) is 0 Å². The minimum Gasteiger partial charge on any atom is -0.454 e. The Morgan fingerprint density at radius 2 is 0.948 bits per heavy atom. The van der Waals surface area contributed by atoms with Gasteiger partial charge in [0.2, 0.25) is 0 Å². The lowest BCUT2D eigenvalue weighted by Gasteiger charge is -2.34. The molecule has 9 aromatic carbocycles. The summed E-state index contributed by atoms with van der Waals surface area (Å²) < 4.78 is 156. The van der Waals surface area contributed by atoms with Crippen molar-refractivity contribution < 1.29 is 26.3 Å². The molecule has 272 valence electrons. The van der Waals surface area contributed by atoms with E-state index in [0.29, 0.717) is 5.69 Å². The molecule has 0 saturated heterocycles. The van der Waals surface area contributed by atoms with Gasteiger partial charge in [-0.15, -0.1) is 0 Å². The van der Waals surface area contributed by atoms with Crippen molar-refractivity contribution in [2.24, 2.45) is 0 Å². The average Bonchev–Trinajstić information content (AvgIpc) is 4.10. The molecule has 0 saturated carbocycles. The van der Waals surface area contributed by atoms with Crippen LogP contribution in [0.2, 0.25) is 0 Å². The number of aromatic nitrogens is 2. The molecule has 0 aliphatic heterocycles. The van der Waals surface area contributed by atoms with Gasteiger partial charge in [-0.2, -0.15) is 0 Å². The first-order valence-corrected chi connectivity index (χ1v) is 20.6. The number of hydrogen-bond donors (Lipinski definition) is 0. The van der Waals surface area contributed by atoms with Crippen LogP contribution < -0.4 is 20.7 Å². The lowest BCUT2D eigenvalue weighted by molar-refractivity contribution is 0.666. The quantitative estimate of drug-likeness (QED) is 0.122. The maximum Gasteiger partial charge on any atom is 0.179 e. The molecule has 0 atom stereocenters. The fourth-order valence-electron chi connectivity index (χ4n) is 8.81. The van der Waals surface area contributed by atoms with E-state index in [1.807, 2.05) is 72.8 Å². The van der Waals surface area contributed by atoms with Crippen LogP contribution in [0.25, 0.3) is 76.9 Å². The van der Waals surface area contributed by atoms with Gasteiger partial charge in [0.15, 0.2) is 13.7 Å². The van der Waals surface area contributed by atoms with Gasteiger partial charge >= 0.3 is 0 Å². The molecular weight excluding hydrogens is 721 g/mol. The Morgan fingerprint density at radius 3 is 1.60 bits per heavy atom. The number of furan rings is 1. The molecule has 3 nitrogen and oxygen atoms in total. The van der Waals surface area contributed by atoms with Gasteiger partial charge in [0.25, 0.3) is 0 Å². The molecule has 4 heteroatoms. The van der Waals surface area contributed by atoms with Gasteiger partial charge in [0.05, 0.1) is 55.1 Å². The second-order valence-electron chi connectivity index (χ2n) is 14.0. The molecule has 0 radical (unpaired) electrons. The molecular formula is C54H36N2OSi. The monoisotopic (exact) mass is 772 g/mol. The van der Waals surface area contributed by atoms with Crippen molar-refractivity contribution in [3.63, 3.8) is 0 Å². The van der Waals surface area contributed by atoms with Crippen LogP contribution in [0.4, 0.5) is 0 Å². The summed E-state index contributed by atoms with van der Waals surface area (Å²) in [5.74, 6) is 0. The largest absolute Gasteiger partial charge is 0.454 e.